The highest BCUT2D eigenvalue weighted by Gasteiger charge is 2.61. The van der Waals surface area contributed by atoms with Crippen LogP contribution in [0.3, 0.4) is 0 Å². The van der Waals surface area contributed by atoms with Gasteiger partial charge in [0.2, 0.25) is 0 Å². The molecule has 0 saturated heterocycles. The third-order valence-corrected chi connectivity index (χ3v) is 9.55. The number of carbonyl (C=O) groups is 1. The Balaban J connectivity index is 2.26. The first-order chi connectivity index (χ1) is 14.4. The van der Waals surface area contributed by atoms with Gasteiger partial charge in [0.05, 0.1) is 15.0 Å². The molecule has 12 heteroatoms. The van der Waals surface area contributed by atoms with Gasteiger partial charge in [-0.25, -0.2) is 31.5 Å². The zero-order valence-electron chi connectivity index (χ0n) is 18.6. The molecule has 0 spiro atoms. The van der Waals surface area contributed by atoms with Crippen molar-refractivity contribution in [2.45, 2.75) is 75.0 Å². The van der Waals surface area contributed by atoms with E-state index < -0.39 is 61.7 Å². The van der Waals surface area contributed by atoms with Crippen molar-refractivity contribution in [1.29, 1.82) is 0 Å². The van der Waals surface area contributed by atoms with E-state index in [9.17, 15) is 22.2 Å². The number of alkyl halides is 2. The number of aliphatic imine (C=N–C) groups is 1. The molecule has 3 rings (SSSR count). The highest BCUT2D eigenvalue weighted by atomic mass is 79.9. The lowest BCUT2D eigenvalue weighted by molar-refractivity contribution is -0.00696. The Bertz CT molecular complexity index is 1110. The third kappa shape index (κ3) is 4.27. The van der Waals surface area contributed by atoms with Crippen LogP contribution in [0.25, 0.3) is 0 Å². The number of aromatic nitrogens is 1. The van der Waals surface area contributed by atoms with Crippen LogP contribution in [0.1, 0.15) is 53.7 Å². The van der Waals surface area contributed by atoms with Crippen molar-refractivity contribution in [3.05, 3.63) is 28.2 Å². The Hall–Kier alpha value is -1.69. The van der Waals surface area contributed by atoms with Crippen molar-refractivity contribution in [2.24, 2.45) is 9.36 Å². The fraction of sp³-hybridized carbons (Fsp3) is 0.650. The highest BCUT2D eigenvalue weighted by molar-refractivity contribution is 9.10. The molecule has 1 amide bonds. The minimum Gasteiger partial charge on any atom is -0.444 e. The van der Waals surface area contributed by atoms with E-state index in [0.717, 1.165) is 6.07 Å². The van der Waals surface area contributed by atoms with E-state index in [1.165, 1.54) is 26.8 Å². The fourth-order valence-electron chi connectivity index (χ4n) is 3.89. The van der Waals surface area contributed by atoms with Crippen LogP contribution in [0, 0.1) is 5.82 Å². The number of rotatable bonds is 1. The number of halogens is 4. The predicted molar refractivity (Wildman–Crippen MR) is 119 cm³/mol. The van der Waals surface area contributed by atoms with Gasteiger partial charge in [0.15, 0.2) is 0 Å². The Kier molecular flexibility index (Phi) is 5.99. The van der Waals surface area contributed by atoms with Crippen molar-refractivity contribution in [3.63, 3.8) is 0 Å². The zero-order chi connectivity index (χ0) is 24.3. The molecule has 1 aromatic rings. The molecule has 1 N–H and O–H groups in total. The molecular formula is C20H26BrF3N4O3S. The number of pyridine rings is 1. The van der Waals surface area contributed by atoms with E-state index in [4.69, 9.17) is 4.74 Å². The summed E-state index contributed by atoms with van der Waals surface area (Å²) in [6.07, 6.45) is -1.68. The summed E-state index contributed by atoms with van der Waals surface area (Å²) in [5.74, 6) is -4.13. The van der Waals surface area contributed by atoms with Gasteiger partial charge >= 0.3 is 6.09 Å². The number of amidine groups is 1. The van der Waals surface area contributed by atoms with Crippen LogP contribution in [0.15, 0.2) is 26.1 Å². The highest BCUT2D eigenvalue weighted by Crippen LogP contribution is 2.49. The van der Waals surface area contributed by atoms with Gasteiger partial charge in [-0.05, 0) is 69.6 Å². The number of amides is 1. The van der Waals surface area contributed by atoms with Crippen molar-refractivity contribution in [1.82, 2.24) is 10.3 Å². The zero-order valence-corrected chi connectivity index (χ0v) is 21.0. The standard InChI is InChI=1S/C20H26BrF3N4O3S/c1-17(2,3)31-16(29)27-15-18(4,5)32(30)12(9-20(23,24)10-25-32)19(6,28-15)14-11(22)7-8-13(21)26-14/h7-8,12H,9-10H2,1-6H3,(H,27,28,29)/t12-,19+,32-/m1/s1. The molecule has 32 heavy (non-hydrogen) atoms. The van der Waals surface area contributed by atoms with Gasteiger partial charge in [-0.3, -0.25) is 10.3 Å². The summed E-state index contributed by atoms with van der Waals surface area (Å²) in [6.45, 7) is 8.47. The molecule has 0 fully saturated rings. The maximum absolute atomic E-state index is 14.9. The second kappa shape index (κ2) is 7.68. The molecule has 2 aliphatic heterocycles. The SMILES string of the molecule is CC(C)(C)OC(=O)NC1=N[C@](C)(c2nc(Br)ccc2F)[C@H]2CC(F)(F)CN=[S@]2(=O)C1(C)C. The minimum absolute atomic E-state index is 0.0920. The topological polar surface area (TPSA) is 93.0 Å². The molecule has 2 aliphatic rings. The number of hydrogen-bond donors (Lipinski definition) is 1. The molecule has 0 radical (unpaired) electrons. The minimum atomic E-state index is -3.48. The first kappa shape index (κ1) is 24.9. The van der Waals surface area contributed by atoms with Crippen molar-refractivity contribution >= 4 is 37.6 Å². The molecule has 0 saturated carbocycles. The van der Waals surface area contributed by atoms with E-state index in [1.54, 1.807) is 20.8 Å². The Labute approximate surface area is 193 Å². The molecule has 0 aliphatic carbocycles. The summed E-state index contributed by atoms with van der Waals surface area (Å²) < 4.78 is 66.1. The first-order valence-corrected chi connectivity index (χ1v) is 12.3. The molecule has 178 valence electrons. The summed E-state index contributed by atoms with van der Waals surface area (Å²) in [7, 11) is -3.48. The lowest BCUT2D eigenvalue weighted by Gasteiger charge is -2.49. The quantitative estimate of drug-likeness (QED) is 0.520. The molecule has 3 heterocycles. The summed E-state index contributed by atoms with van der Waals surface area (Å²) >= 11 is 3.16. The molecule has 0 aromatic carbocycles. The lowest BCUT2D eigenvalue weighted by atomic mass is 9.88. The first-order valence-electron chi connectivity index (χ1n) is 9.93. The fourth-order valence-corrected chi connectivity index (χ4v) is 7.42. The number of nitrogens with zero attached hydrogens (tertiary/aromatic N) is 3. The molecular weight excluding hydrogens is 513 g/mol. The Morgan fingerprint density at radius 2 is 1.91 bits per heavy atom. The summed E-state index contributed by atoms with van der Waals surface area (Å²) in [4.78, 5) is 21.1. The normalized spacial score (nSPS) is 31.1. The molecule has 7 nitrogen and oxygen atoms in total. The van der Waals surface area contributed by atoms with Crippen LogP contribution in [-0.4, -0.2) is 49.2 Å². The van der Waals surface area contributed by atoms with Crippen LogP contribution >= 0.6 is 15.9 Å². The summed E-state index contributed by atoms with van der Waals surface area (Å²) in [6, 6.07) is 2.48. The monoisotopic (exact) mass is 538 g/mol. The van der Waals surface area contributed by atoms with Crippen LogP contribution in [0.4, 0.5) is 18.0 Å². The second-order valence-electron chi connectivity index (χ2n) is 9.61. The number of carbonyl (C=O) groups excluding carboxylic acids is 1. The van der Waals surface area contributed by atoms with Crippen LogP contribution in [0.5, 0.6) is 0 Å². The van der Waals surface area contributed by atoms with E-state index >= 15 is 0 Å². The predicted octanol–water partition coefficient (Wildman–Crippen LogP) is 4.79. The van der Waals surface area contributed by atoms with Crippen molar-refractivity contribution in [3.8, 4) is 0 Å². The maximum atomic E-state index is 14.9. The molecule has 0 unspecified atom stereocenters. The summed E-state index contributed by atoms with van der Waals surface area (Å²) in [5.41, 5.74) is -2.89. The van der Waals surface area contributed by atoms with Gasteiger partial charge in [-0.1, -0.05) is 0 Å². The average Bonchev–Trinajstić information content (AvgIpc) is 2.62. The summed E-state index contributed by atoms with van der Waals surface area (Å²) in [5, 5.41) is 1.15. The van der Waals surface area contributed by atoms with Crippen LogP contribution in [-0.2, 0) is 20.0 Å². The van der Waals surface area contributed by atoms with E-state index in [0.29, 0.717) is 0 Å². The van der Waals surface area contributed by atoms with E-state index in [-0.39, 0.29) is 16.1 Å². The van der Waals surface area contributed by atoms with Gasteiger partial charge in [0, 0.05) is 6.42 Å². The molecule has 0 bridgehead atoms. The van der Waals surface area contributed by atoms with Gasteiger partial charge < -0.3 is 4.74 Å². The number of ether oxygens (including phenoxy) is 1. The Morgan fingerprint density at radius 3 is 2.50 bits per heavy atom. The number of nitrogens with one attached hydrogen (secondary N) is 1. The second-order valence-corrected chi connectivity index (χ2v) is 13.4. The number of alkyl carbamates (subject to hydrolysis) is 1. The Morgan fingerprint density at radius 1 is 1.28 bits per heavy atom. The van der Waals surface area contributed by atoms with Crippen molar-refractivity contribution < 1.29 is 26.9 Å². The number of fused-ring (bicyclic) bond motifs is 1. The van der Waals surface area contributed by atoms with Crippen molar-refractivity contribution in [2.75, 3.05) is 6.54 Å². The number of hydrogen-bond acceptors (Lipinski definition) is 6. The smallest absolute Gasteiger partial charge is 0.413 e. The van der Waals surface area contributed by atoms with E-state index in [1.807, 2.05) is 0 Å². The molecule has 1 aromatic heterocycles. The van der Waals surface area contributed by atoms with Gasteiger partial charge in [-0.2, -0.15) is 0 Å². The third-order valence-electron chi connectivity index (χ3n) is 5.54. The largest absolute Gasteiger partial charge is 0.444 e. The van der Waals surface area contributed by atoms with Gasteiger partial charge in [0.1, 0.15) is 44.4 Å². The van der Waals surface area contributed by atoms with Gasteiger partial charge in [0.25, 0.3) is 5.92 Å². The maximum Gasteiger partial charge on any atom is 0.413 e. The van der Waals surface area contributed by atoms with Crippen LogP contribution < -0.4 is 5.32 Å². The average molecular weight is 539 g/mol. The van der Waals surface area contributed by atoms with Gasteiger partial charge in [-0.15, -0.1) is 0 Å². The molecule has 3 atom stereocenters. The van der Waals surface area contributed by atoms with E-state index in [2.05, 4.69) is 35.6 Å². The van der Waals surface area contributed by atoms with Crippen LogP contribution in [0.2, 0.25) is 0 Å². The lowest BCUT2D eigenvalue weighted by Crippen LogP contribution is -2.64.